The maximum Gasteiger partial charge on any atom is 0.218 e. The lowest BCUT2D eigenvalue weighted by Crippen LogP contribution is -2.16. The highest BCUT2D eigenvalue weighted by atomic mass is 35.5. The Kier molecular flexibility index (Phi) is 8.83. The Bertz CT molecular complexity index is 1340. The molecule has 198 valence electrons. The van der Waals surface area contributed by atoms with Gasteiger partial charge in [-0.3, -0.25) is 0 Å². The largest absolute Gasteiger partial charge is 0.481 e. The quantitative estimate of drug-likeness (QED) is 0.232. The van der Waals surface area contributed by atoms with Crippen LogP contribution in [0.15, 0.2) is 60.7 Å². The lowest BCUT2D eigenvalue weighted by molar-refractivity contribution is 0.263. The third-order valence-electron chi connectivity index (χ3n) is 6.20. The second-order valence-electron chi connectivity index (χ2n) is 8.50. The van der Waals surface area contributed by atoms with Gasteiger partial charge in [0, 0.05) is 33.4 Å². The zero-order valence-corrected chi connectivity index (χ0v) is 22.4. The van der Waals surface area contributed by atoms with Gasteiger partial charge in [-0.2, -0.15) is 0 Å². The number of ether oxygens (including phenoxy) is 2. The van der Waals surface area contributed by atoms with Crippen molar-refractivity contribution < 1.29 is 19.7 Å². The molecule has 2 aromatic heterocycles. The third kappa shape index (κ3) is 5.33. The van der Waals surface area contributed by atoms with E-state index >= 15 is 0 Å². The highest BCUT2D eigenvalue weighted by molar-refractivity contribution is 6.39. The van der Waals surface area contributed by atoms with Crippen LogP contribution in [0.1, 0.15) is 23.2 Å². The molecule has 6 N–H and O–H groups in total. The fraction of sp³-hybridized carbons (Fsp3) is 0.214. The van der Waals surface area contributed by atoms with Crippen molar-refractivity contribution >= 4 is 23.2 Å². The Morgan fingerprint density at radius 1 is 0.658 bits per heavy atom. The molecule has 8 nitrogen and oxygen atoms in total. The molecule has 2 aromatic carbocycles. The number of pyridine rings is 2. The number of aliphatic hydroxyl groups excluding tert-OH is 2. The van der Waals surface area contributed by atoms with Gasteiger partial charge in [0.2, 0.25) is 11.8 Å². The molecule has 10 heteroatoms. The first kappa shape index (κ1) is 27.8. The van der Waals surface area contributed by atoms with Crippen LogP contribution in [0.5, 0.6) is 11.8 Å². The van der Waals surface area contributed by atoms with Crippen LogP contribution in [0.25, 0.3) is 33.6 Å². The van der Waals surface area contributed by atoms with E-state index in [4.69, 9.17) is 44.1 Å². The summed E-state index contributed by atoms with van der Waals surface area (Å²) in [5, 5.41) is 19.8. The second kappa shape index (κ2) is 12.1. The predicted octanol–water partition coefficient (Wildman–Crippen LogP) is 4.79. The first-order valence-corrected chi connectivity index (χ1v) is 12.5. The topological polar surface area (TPSA) is 137 Å². The van der Waals surface area contributed by atoms with Crippen molar-refractivity contribution in [2.24, 2.45) is 11.5 Å². The van der Waals surface area contributed by atoms with E-state index in [2.05, 4.69) is 9.97 Å². The Hall–Kier alpha value is -3.24. The van der Waals surface area contributed by atoms with Crippen molar-refractivity contribution in [3.05, 3.63) is 81.8 Å². The molecule has 0 aliphatic rings. The standard InChI is InChI=1S/C28H28Cl2N4O4/c1-37-27-17(21(31)13-35)9-11-23(33-27)19-7-3-5-15(25(19)29)16-6-4-8-20(26(16)30)24-12-10-18(22(32)14-36)28(34-24)38-2/h3-12,21-22,35-36H,13-14,31-32H2,1-2H3/t21-,22-/m0/s1. The van der Waals surface area contributed by atoms with E-state index < -0.39 is 12.1 Å². The van der Waals surface area contributed by atoms with E-state index in [9.17, 15) is 10.2 Å². The first-order valence-electron chi connectivity index (χ1n) is 11.7. The average Bonchev–Trinajstić information content (AvgIpc) is 2.96. The van der Waals surface area contributed by atoms with Crippen molar-refractivity contribution in [3.63, 3.8) is 0 Å². The Labute approximate surface area is 230 Å². The van der Waals surface area contributed by atoms with Crippen molar-refractivity contribution in [2.75, 3.05) is 27.4 Å². The lowest BCUT2D eigenvalue weighted by Gasteiger charge is -2.17. The van der Waals surface area contributed by atoms with Crippen LogP contribution in [0.2, 0.25) is 10.0 Å². The molecule has 0 spiro atoms. The maximum atomic E-state index is 9.44. The van der Waals surface area contributed by atoms with Gasteiger partial charge in [0.05, 0.1) is 61.0 Å². The number of aliphatic hydroxyl groups is 2. The normalized spacial score (nSPS) is 12.7. The highest BCUT2D eigenvalue weighted by Crippen LogP contribution is 2.42. The highest BCUT2D eigenvalue weighted by Gasteiger charge is 2.20. The molecule has 38 heavy (non-hydrogen) atoms. The molecule has 0 saturated heterocycles. The predicted molar refractivity (Wildman–Crippen MR) is 149 cm³/mol. The van der Waals surface area contributed by atoms with Crippen LogP contribution in [0, 0.1) is 0 Å². The van der Waals surface area contributed by atoms with Crippen LogP contribution in [-0.4, -0.2) is 47.6 Å². The van der Waals surface area contributed by atoms with Gasteiger partial charge in [-0.15, -0.1) is 0 Å². The molecule has 0 bridgehead atoms. The molecular weight excluding hydrogens is 527 g/mol. The molecule has 0 aliphatic heterocycles. The number of nitrogens with zero attached hydrogens (tertiary/aromatic N) is 2. The Morgan fingerprint density at radius 3 is 1.37 bits per heavy atom. The summed E-state index contributed by atoms with van der Waals surface area (Å²) in [4.78, 5) is 9.16. The molecular formula is C28H28Cl2N4O4. The summed E-state index contributed by atoms with van der Waals surface area (Å²) in [5.41, 5.74) is 17.1. The van der Waals surface area contributed by atoms with Crippen LogP contribution in [0.3, 0.4) is 0 Å². The smallest absolute Gasteiger partial charge is 0.218 e. The van der Waals surface area contributed by atoms with Crippen LogP contribution >= 0.6 is 23.2 Å². The summed E-state index contributed by atoms with van der Waals surface area (Å²) in [6, 6.07) is 17.1. The minimum absolute atomic E-state index is 0.236. The number of nitrogens with two attached hydrogens (primary N) is 2. The van der Waals surface area contributed by atoms with Crippen LogP contribution in [0.4, 0.5) is 0 Å². The van der Waals surface area contributed by atoms with E-state index in [1.807, 2.05) is 36.4 Å². The number of benzene rings is 2. The SMILES string of the molecule is COc1nc(-c2cccc(-c3cccc(-c4ccc([C@@H](N)CO)c(OC)n4)c3Cl)c2Cl)ccc1[C@@H](N)CO. The van der Waals surface area contributed by atoms with Crippen molar-refractivity contribution in [1.82, 2.24) is 9.97 Å². The average molecular weight is 555 g/mol. The molecule has 0 saturated carbocycles. The van der Waals surface area contributed by atoms with E-state index in [-0.39, 0.29) is 13.2 Å². The van der Waals surface area contributed by atoms with Crippen LogP contribution in [-0.2, 0) is 0 Å². The number of hydrogen-bond donors (Lipinski definition) is 4. The van der Waals surface area contributed by atoms with E-state index in [1.54, 1.807) is 24.3 Å². The fourth-order valence-corrected chi connectivity index (χ4v) is 4.82. The monoisotopic (exact) mass is 554 g/mol. The zero-order chi connectivity index (χ0) is 27.4. The van der Waals surface area contributed by atoms with Gasteiger partial charge in [-0.05, 0) is 24.3 Å². The second-order valence-corrected chi connectivity index (χ2v) is 9.26. The van der Waals surface area contributed by atoms with Crippen molar-refractivity contribution in [3.8, 4) is 45.4 Å². The van der Waals surface area contributed by atoms with Gasteiger partial charge < -0.3 is 31.2 Å². The van der Waals surface area contributed by atoms with Gasteiger partial charge in [0.1, 0.15) is 0 Å². The lowest BCUT2D eigenvalue weighted by atomic mass is 9.97. The van der Waals surface area contributed by atoms with Crippen molar-refractivity contribution in [2.45, 2.75) is 12.1 Å². The van der Waals surface area contributed by atoms with Gasteiger partial charge >= 0.3 is 0 Å². The number of aromatic nitrogens is 2. The Morgan fingerprint density at radius 2 is 1.03 bits per heavy atom. The number of rotatable bonds is 9. The third-order valence-corrected chi connectivity index (χ3v) is 7.01. The summed E-state index contributed by atoms with van der Waals surface area (Å²) in [7, 11) is 2.99. The fourth-order valence-electron chi connectivity index (χ4n) is 4.17. The zero-order valence-electron chi connectivity index (χ0n) is 20.9. The van der Waals surface area contributed by atoms with Crippen molar-refractivity contribution in [1.29, 1.82) is 0 Å². The molecule has 0 unspecified atom stereocenters. The maximum absolute atomic E-state index is 9.44. The molecule has 4 rings (SSSR count). The number of hydrogen-bond acceptors (Lipinski definition) is 8. The van der Waals surface area contributed by atoms with Gasteiger partial charge in [-0.1, -0.05) is 59.6 Å². The molecule has 2 heterocycles. The molecule has 0 fully saturated rings. The molecule has 0 amide bonds. The van der Waals surface area contributed by atoms with E-state index in [0.29, 0.717) is 66.6 Å². The van der Waals surface area contributed by atoms with Crippen LogP contribution < -0.4 is 20.9 Å². The number of halogens is 2. The molecule has 2 atom stereocenters. The Balaban J connectivity index is 1.79. The first-order chi connectivity index (χ1) is 18.3. The van der Waals surface area contributed by atoms with E-state index in [1.165, 1.54) is 14.2 Å². The molecule has 0 aliphatic carbocycles. The van der Waals surface area contributed by atoms with Gasteiger partial charge in [0.15, 0.2) is 0 Å². The van der Waals surface area contributed by atoms with E-state index in [0.717, 1.165) is 0 Å². The van der Waals surface area contributed by atoms with Gasteiger partial charge in [-0.25, -0.2) is 9.97 Å². The van der Waals surface area contributed by atoms with Gasteiger partial charge in [0.25, 0.3) is 0 Å². The summed E-state index contributed by atoms with van der Waals surface area (Å²) < 4.78 is 10.8. The summed E-state index contributed by atoms with van der Waals surface area (Å²) >= 11 is 13.8. The number of methoxy groups -OCH3 is 2. The molecule has 4 aromatic rings. The minimum Gasteiger partial charge on any atom is -0.481 e. The molecule has 0 radical (unpaired) electrons. The summed E-state index contributed by atoms with van der Waals surface area (Å²) in [6.45, 7) is -0.472. The minimum atomic E-state index is -0.615. The summed E-state index contributed by atoms with van der Waals surface area (Å²) in [5.74, 6) is 0.630. The summed E-state index contributed by atoms with van der Waals surface area (Å²) in [6.07, 6.45) is 0.